The number of amides is 2. The lowest BCUT2D eigenvalue weighted by Gasteiger charge is -2.64. The first-order valence-electron chi connectivity index (χ1n) is 16.9. The highest BCUT2D eigenvalue weighted by molar-refractivity contribution is 6.48. The number of unbranched alkanes of at least 4 members (excludes halogenated alkanes) is 6. The fourth-order valence-corrected chi connectivity index (χ4v) is 7.50. The van der Waals surface area contributed by atoms with E-state index in [2.05, 4.69) is 57.2 Å². The molecule has 0 unspecified atom stereocenters. The zero-order valence-corrected chi connectivity index (χ0v) is 27.9. The van der Waals surface area contributed by atoms with Crippen LogP contribution >= 0.6 is 0 Å². The molecule has 6 atom stereocenters. The highest BCUT2D eigenvalue weighted by atomic mass is 16.7. The van der Waals surface area contributed by atoms with E-state index in [0.717, 1.165) is 32.1 Å². The summed E-state index contributed by atoms with van der Waals surface area (Å²) in [7, 11) is -0.562. The standard InChI is InChI=1S/C31H57BN6O6/c1-7-8-9-10-11-12-13-16-27(39)35-23(15-14-17-34-29(33)37-38(41)42)28(40)36-26(18-21(2)3)32-43-25-20-22-19-24(30(22,4)5)31(25,6)44-32/h21-26H,7-20H2,1-6H3,(H,35,39)(H,36,40)(H3,33,34,37)/t22-,23+,24-,25-,26+,31+/m1/s1. The van der Waals surface area contributed by atoms with E-state index in [1.165, 1.54) is 25.7 Å². The van der Waals surface area contributed by atoms with Gasteiger partial charge in [-0.15, -0.1) is 0 Å². The van der Waals surface area contributed by atoms with Gasteiger partial charge in [-0.05, 0) is 68.6 Å². The van der Waals surface area contributed by atoms with Crippen molar-refractivity contribution in [3.8, 4) is 0 Å². The van der Waals surface area contributed by atoms with Gasteiger partial charge >= 0.3 is 7.12 Å². The summed E-state index contributed by atoms with van der Waals surface area (Å²) in [5.74, 6) is 0.194. The van der Waals surface area contributed by atoms with Gasteiger partial charge in [0, 0.05) is 13.0 Å². The van der Waals surface area contributed by atoms with Gasteiger partial charge in [0.25, 0.3) is 5.96 Å². The molecule has 0 spiro atoms. The maximum Gasteiger partial charge on any atom is 0.481 e. The SMILES string of the molecule is CCCCCCCCCC(=O)N[C@@H](CCCN=C(N)N[N+](=O)[O-])C(=O)N[C@@H](CC(C)C)B1O[C@@H]2C[C@H]3C[C@H](C3(C)C)[C@]2(C)O1. The second-order valence-corrected chi connectivity index (χ2v) is 14.4. The van der Waals surface area contributed by atoms with Crippen LogP contribution in [0.4, 0.5) is 0 Å². The number of nitrogens with one attached hydrogen (secondary N) is 3. The number of carbonyl (C=O) groups is 2. The molecule has 0 aromatic rings. The van der Waals surface area contributed by atoms with Crippen molar-refractivity contribution in [2.45, 2.75) is 149 Å². The Morgan fingerprint density at radius 1 is 1.07 bits per heavy atom. The first kappa shape index (κ1) is 36.1. The Morgan fingerprint density at radius 2 is 1.75 bits per heavy atom. The average Bonchev–Trinajstić information content (AvgIpc) is 3.30. The third-order valence-electron chi connectivity index (χ3n) is 10.1. The summed E-state index contributed by atoms with van der Waals surface area (Å²) in [5, 5.41) is 15.9. The molecule has 3 aliphatic carbocycles. The zero-order valence-electron chi connectivity index (χ0n) is 27.9. The van der Waals surface area contributed by atoms with Crippen molar-refractivity contribution < 1.29 is 23.9 Å². The molecule has 3 saturated carbocycles. The number of nitro groups is 1. The first-order valence-corrected chi connectivity index (χ1v) is 16.9. The number of rotatable bonds is 19. The van der Waals surface area contributed by atoms with Crippen LogP contribution in [-0.4, -0.2) is 60.2 Å². The topological polar surface area (TPSA) is 170 Å². The molecule has 4 aliphatic rings. The number of aliphatic imine (C=N–C) groups is 1. The fourth-order valence-electron chi connectivity index (χ4n) is 7.50. The molecule has 2 amide bonds. The quantitative estimate of drug-likeness (QED) is 0.0414. The van der Waals surface area contributed by atoms with Crippen molar-refractivity contribution in [2.75, 3.05) is 6.54 Å². The fraction of sp³-hybridized carbons (Fsp3) is 0.903. The van der Waals surface area contributed by atoms with E-state index in [0.29, 0.717) is 37.5 Å². The summed E-state index contributed by atoms with van der Waals surface area (Å²) in [6.07, 6.45) is 11.6. The van der Waals surface area contributed by atoms with Crippen LogP contribution < -0.4 is 21.8 Å². The Labute approximate surface area is 264 Å². The Bertz CT molecular complexity index is 1010. The van der Waals surface area contributed by atoms with Gasteiger partial charge in [0.2, 0.25) is 11.8 Å². The largest absolute Gasteiger partial charge is 0.481 e. The van der Waals surface area contributed by atoms with E-state index in [1.807, 2.05) is 5.43 Å². The van der Waals surface area contributed by atoms with Gasteiger partial charge in [-0.2, -0.15) is 0 Å². The van der Waals surface area contributed by atoms with Gasteiger partial charge in [-0.1, -0.05) is 78.6 Å². The molecule has 1 aliphatic heterocycles. The van der Waals surface area contributed by atoms with Gasteiger partial charge < -0.3 is 25.7 Å². The second-order valence-electron chi connectivity index (χ2n) is 14.4. The van der Waals surface area contributed by atoms with Gasteiger partial charge in [0.05, 0.1) is 17.6 Å². The predicted molar refractivity (Wildman–Crippen MR) is 172 cm³/mol. The highest BCUT2D eigenvalue weighted by Gasteiger charge is 2.68. The van der Waals surface area contributed by atoms with E-state index in [4.69, 9.17) is 15.0 Å². The number of guanidine groups is 1. The van der Waals surface area contributed by atoms with Crippen LogP contribution in [0.3, 0.4) is 0 Å². The Morgan fingerprint density at radius 3 is 2.39 bits per heavy atom. The normalized spacial score (nSPS) is 26.8. The van der Waals surface area contributed by atoms with Crippen LogP contribution in [-0.2, 0) is 18.9 Å². The monoisotopic (exact) mass is 620 g/mol. The average molecular weight is 621 g/mol. The van der Waals surface area contributed by atoms with Gasteiger partial charge in [0.1, 0.15) is 6.04 Å². The molecule has 2 bridgehead atoms. The lowest BCUT2D eigenvalue weighted by atomic mass is 9.43. The molecular weight excluding hydrogens is 563 g/mol. The minimum absolute atomic E-state index is 0.00408. The van der Waals surface area contributed by atoms with Crippen LogP contribution in [0.25, 0.3) is 0 Å². The second kappa shape index (κ2) is 16.2. The van der Waals surface area contributed by atoms with Crippen LogP contribution in [0.1, 0.15) is 125 Å². The van der Waals surface area contributed by atoms with Crippen LogP contribution in [0.2, 0.25) is 0 Å². The lowest BCUT2D eigenvalue weighted by Crippen LogP contribution is -2.65. The Balaban J connectivity index is 1.63. The highest BCUT2D eigenvalue weighted by Crippen LogP contribution is 2.65. The van der Waals surface area contributed by atoms with Gasteiger partial charge in [-0.3, -0.25) is 9.59 Å². The number of nitrogens with zero attached hydrogens (tertiary/aromatic N) is 2. The van der Waals surface area contributed by atoms with Crippen LogP contribution in [0, 0.1) is 33.3 Å². The number of hydrogen-bond acceptors (Lipinski definition) is 7. The van der Waals surface area contributed by atoms with Crippen molar-refractivity contribution in [3.05, 3.63) is 10.1 Å². The number of hydrazine groups is 1. The van der Waals surface area contributed by atoms with Gasteiger partial charge in [-0.25, -0.2) is 15.1 Å². The van der Waals surface area contributed by atoms with E-state index < -0.39 is 18.2 Å². The molecule has 0 aromatic carbocycles. The van der Waals surface area contributed by atoms with Crippen LogP contribution in [0.5, 0.6) is 0 Å². The van der Waals surface area contributed by atoms with E-state index in [-0.39, 0.29) is 53.3 Å². The van der Waals surface area contributed by atoms with Crippen molar-refractivity contribution >= 4 is 24.9 Å². The van der Waals surface area contributed by atoms with Crippen molar-refractivity contribution in [3.63, 3.8) is 0 Å². The molecule has 0 aromatic heterocycles. The predicted octanol–water partition coefficient (Wildman–Crippen LogP) is 4.29. The Kier molecular flexibility index (Phi) is 13.3. The smallest absolute Gasteiger partial charge is 0.404 e. The molecule has 250 valence electrons. The number of nitrogens with two attached hydrogens (primary N) is 1. The third kappa shape index (κ3) is 9.55. The first-order chi connectivity index (χ1) is 20.8. The van der Waals surface area contributed by atoms with Gasteiger partial charge in [0.15, 0.2) is 5.03 Å². The Hall–Kier alpha value is -2.41. The van der Waals surface area contributed by atoms with E-state index >= 15 is 0 Å². The summed E-state index contributed by atoms with van der Waals surface area (Å²) >= 11 is 0. The maximum absolute atomic E-state index is 13.7. The summed E-state index contributed by atoms with van der Waals surface area (Å²) in [6, 6.07) is -0.785. The maximum atomic E-state index is 13.7. The molecule has 1 saturated heterocycles. The molecule has 0 radical (unpaired) electrons. The molecular formula is C31H57BN6O6. The van der Waals surface area contributed by atoms with E-state index in [1.54, 1.807) is 0 Å². The molecule has 13 heteroatoms. The van der Waals surface area contributed by atoms with Crippen LogP contribution in [0.15, 0.2) is 4.99 Å². The minimum atomic E-state index is -0.785. The van der Waals surface area contributed by atoms with Crippen molar-refractivity contribution in [1.29, 1.82) is 0 Å². The molecule has 12 nitrogen and oxygen atoms in total. The summed E-state index contributed by atoms with van der Waals surface area (Å²) in [4.78, 5) is 41.2. The molecule has 44 heavy (non-hydrogen) atoms. The number of hydrogen-bond donors (Lipinski definition) is 4. The minimum Gasteiger partial charge on any atom is -0.404 e. The molecule has 4 rings (SSSR count). The van der Waals surface area contributed by atoms with E-state index in [9.17, 15) is 19.7 Å². The third-order valence-corrected chi connectivity index (χ3v) is 10.1. The lowest BCUT2D eigenvalue weighted by molar-refractivity contribution is -0.525. The zero-order chi connectivity index (χ0) is 32.5. The van der Waals surface area contributed by atoms with Crippen molar-refractivity contribution in [1.82, 2.24) is 16.1 Å². The van der Waals surface area contributed by atoms with Crippen molar-refractivity contribution in [2.24, 2.45) is 33.9 Å². The number of carbonyl (C=O) groups excluding carboxylic acids is 2. The molecule has 1 heterocycles. The molecule has 4 fully saturated rings. The summed E-state index contributed by atoms with van der Waals surface area (Å²) in [6.45, 7) is 13.4. The molecule has 5 N–H and O–H groups in total. The summed E-state index contributed by atoms with van der Waals surface area (Å²) in [5.41, 5.74) is 7.17. The summed E-state index contributed by atoms with van der Waals surface area (Å²) < 4.78 is 13.2.